The highest BCUT2D eigenvalue weighted by atomic mass is 32.2. The highest BCUT2D eigenvalue weighted by Crippen LogP contribution is 2.20. The van der Waals surface area contributed by atoms with Crippen molar-refractivity contribution in [2.24, 2.45) is 0 Å². The summed E-state index contributed by atoms with van der Waals surface area (Å²) >= 11 is 0. The van der Waals surface area contributed by atoms with Crippen LogP contribution in [0.1, 0.15) is 30.4 Å². The zero-order chi connectivity index (χ0) is 24.0. The molecular formula is C25H31N5O3S. The van der Waals surface area contributed by atoms with Gasteiger partial charge >= 0.3 is 6.03 Å². The maximum absolute atomic E-state index is 12.7. The second kappa shape index (κ2) is 11.0. The molecule has 2 aliphatic heterocycles. The second-order valence-corrected chi connectivity index (χ2v) is 10.6. The van der Waals surface area contributed by atoms with Crippen LogP contribution in [0.4, 0.5) is 4.79 Å². The lowest BCUT2D eigenvalue weighted by molar-refractivity contribution is 0.107. The van der Waals surface area contributed by atoms with Gasteiger partial charge in [0.05, 0.1) is 16.5 Å². The van der Waals surface area contributed by atoms with E-state index in [2.05, 4.69) is 26.7 Å². The summed E-state index contributed by atoms with van der Waals surface area (Å²) in [5.41, 5.74) is 1.86. The monoisotopic (exact) mass is 481 g/mol. The van der Waals surface area contributed by atoms with Crippen LogP contribution in [-0.4, -0.2) is 74.5 Å². The topological polar surface area (TPSA) is 96.8 Å². The van der Waals surface area contributed by atoms with Gasteiger partial charge in [-0.25, -0.2) is 17.9 Å². The zero-order valence-corrected chi connectivity index (χ0v) is 20.1. The number of carbonyl (C=O) groups excluding carboxylic acids is 1. The third-order valence-electron chi connectivity index (χ3n) is 6.63. The number of carbonyl (C=O) groups is 1. The van der Waals surface area contributed by atoms with Crippen molar-refractivity contribution in [2.75, 3.05) is 39.3 Å². The number of benzene rings is 2. The first-order valence-electron chi connectivity index (χ1n) is 11.8. The first kappa shape index (κ1) is 24.2. The number of nitriles is 1. The van der Waals surface area contributed by atoms with Crippen molar-refractivity contribution in [2.45, 2.75) is 36.7 Å². The molecule has 2 aliphatic rings. The van der Waals surface area contributed by atoms with Crippen molar-refractivity contribution < 1.29 is 13.2 Å². The van der Waals surface area contributed by atoms with E-state index < -0.39 is 16.1 Å². The molecule has 8 nitrogen and oxygen atoms in total. The summed E-state index contributed by atoms with van der Waals surface area (Å²) in [4.78, 5) is 19.3. The maximum Gasteiger partial charge on any atom is 0.331 e. The van der Waals surface area contributed by atoms with Gasteiger partial charge < -0.3 is 4.90 Å². The van der Waals surface area contributed by atoms with Crippen molar-refractivity contribution in [3.05, 3.63) is 65.7 Å². The number of amides is 2. The van der Waals surface area contributed by atoms with Crippen LogP contribution in [-0.2, 0) is 16.6 Å². The van der Waals surface area contributed by atoms with E-state index in [9.17, 15) is 13.2 Å². The molecular weight excluding hydrogens is 450 g/mol. The molecule has 0 radical (unpaired) electrons. The van der Waals surface area contributed by atoms with Gasteiger partial charge in [0.2, 0.25) is 0 Å². The first-order chi connectivity index (χ1) is 16.4. The fourth-order valence-electron chi connectivity index (χ4n) is 4.78. The molecule has 2 amide bonds. The van der Waals surface area contributed by atoms with Crippen LogP contribution >= 0.6 is 0 Å². The molecule has 9 heteroatoms. The van der Waals surface area contributed by atoms with E-state index in [-0.39, 0.29) is 4.90 Å². The van der Waals surface area contributed by atoms with E-state index in [1.165, 1.54) is 17.7 Å². The Balaban J connectivity index is 1.26. The number of nitrogens with one attached hydrogen (secondary N) is 1. The highest BCUT2D eigenvalue weighted by Gasteiger charge is 2.28. The lowest BCUT2D eigenvalue weighted by Crippen LogP contribution is -2.47. The second-order valence-electron chi connectivity index (χ2n) is 8.92. The molecule has 2 saturated heterocycles. The number of piperidine rings is 1. The maximum atomic E-state index is 12.7. The molecule has 2 aromatic rings. The molecule has 34 heavy (non-hydrogen) atoms. The molecule has 1 N–H and O–H groups in total. The van der Waals surface area contributed by atoms with Crippen LogP contribution in [0, 0.1) is 11.3 Å². The molecule has 0 spiro atoms. The third kappa shape index (κ3) is 6.14. The number of nitrogens with zero attached hydrogens (tertiary/aromatic N) is 4. The Labute approximate surface area is 201 Å². The van der Waals surface area contributed by atoms with Gasteiger partial charge in [-0.05, 0) is 62.2 Å². The summed E-state index contributed by atoms with van der Waals surface area (Å²) in [6.45, 7) is 5.55. The van der Waals surface area contributed by atoms with Gasteiger partial charge in [0, 0.05) is 38.8 Å². The van der Waals surface area contributed by atoms with Crippen LogP contribution in [0.3, 0.4) is 0 Å². The van der Waals surface area contributed by atoms with Gasteiger partial charge in [0.25, 0.3) is 10.0 Å². The van der Waals surface area contributed by atoms with E-state index in [1.807, 2.05) is 18.2 Å². The van der Waals surface area contributed by atoms with Crippen molar-refractivity contribution in [1.82, 2.24) is 19.4 Å². The van der Waals surface area contributed by atoms with Crippen molar-refractivity contribution in [3.63, 3.8) is 0 Å². The number of hydrogen-bond donors (Lipinski definition) is 1. The lowest BCUT2D eigenvalue weighted by Gasteiger charge is -2.38. The third-order valence-corrected chi connectivity index (χ3v) is 7.96. The quantitative estimate of drug-likeness (QED) is 0.705. The molecule has 0 bridgehead atoms. The van der Waals surface area contributed by atoms with Crippen molar-refractivity contribution in [3.8, 4) is 6.07 Å². The summed E-state index contributed by atoms with van der Waals surface area (Å²) in [7, 11) is -3.87. The minimum atomic E-state index is -3.87. The number of urea groups is 1. The van der Waals surface area contributed by atoms with Crippen molar-refractivity contribution >= 4 is 16.1 Å². The van der Waals surface area contributed by atoms with Gasteiger partial charge in [-0.1, -0.05) is 30.3 Å². The van der Waals surface area contributed by atoms with Crippen LogP contribution in [0.2, 0.25) is 0 Å². The first-order valence-corrected chi connectivity index (χ1v) is 13.2. The Morgan fingerprint density at radius 1 is 0.971 bits per heavy atom. The lowest BCUT2D eigenvalue weighted by atomic mass is 10.0. The van der Waals surface area contributed by atoms with Crippen LogP contribution in [0.15, 0.2) is 59.5 Å². The molecule has 4 rings (SSSR count). The van der Waals surface area contributed by atoms with Gasteiger partial charge in [0.1, 0.15) is 0 Å². The molecule has 0 atom stereocenters. The summed E-state index contributed by atoms with van der Waals surface area (Å²) in [6, 6.07) is 17.9. The largest absolute Gasteiger partial charge is 0.331 e. The summed E-state index contributed by atoms with van der Waals surface area (Å²) in [5.74, 6) is 0. The molecule has 0 aliphatic carbocycles. The van der Waals surface area contributed by atoms with Crippen LogP contribution in [0.5, 0.6) is 0 Å². The smallest absolute Gasteiger partial charge is 0.323 e. The van der Waals surface area contributed by atoms with Gasteiger partial charge in [-0.2, -0.15) is 5.26 Å². The van der Waals surface area contributed by atoms with Crippen molar-refractivity contribution in [1.29, 1.82) is 5.26 Å². The molecule has 0 unspecified atom stereocenters. The molecule has 0 aromatic heterocycles. The standard InChI is InChI=1S/C25H31N5O3S/c26-19-21-6-4-7-22(18-21)20-28-14-10-23(11-15-28)29-12-5-13-30(17-16-29)25(31)27-34(32,33)24-8-2-1-3-9-24/h1-4,6-9,18,23H,5,10-17,20H2,(H,27,31). The normalized spacial score (nSPS) is 18.7. The predicted octanol–water partition coefficient (Wildman–Crippen LogP) is 2.63. The molecule has 0 saturated carbocycles. The zero-order valence-electron chi connectivity index (χ0n) is 19.3. The Kier molecular flexibility index (Phi) is 7.83. The van der Waals surface area contributed by atoms with E-state index in [0.29, 0.717) is 24.7 Å². The highest BCUT2D eigenvalue weighted by molar-refractivity contribution is 7.90. The van der Waals surface area contributed by atoms with Crippen LogP contribution < -0.4 is 4.72 Å². The Hall–Kier alpha value is -2.93. The minimum Gasteiger partial charge on any atom is -0.323 e. The average Bonchev–Trinajstić information content (AvgIpc) is 3.12. The van der Waals surface area contributed by atoms with E-state index in [4.69, 9.17) is 5.26 Å². The van der Waals surface area contributed by atoms with Gasteiger partial charge in [-0.3, -0.25) is 9.80 Å². The summed E-state index contributed by atoms with van der Waals surface area (Å²) in [5, 5.41) is 9.10. The summed E-state index contributed by atoms with van der Waals surface area (Å²) in [6.07, 6.45) is 2.94. The molecule has 180 valence electrons. The van der Waals surface area contributed by atoms with Crippen LogP contribution in [0.25, 0.3) is 0 Å². The Morgan fingerprint density at radius 3 is 2.47 bits per heavy atom. The molecule has 2 heterocycles. The number of sulfonamides is 1. The summed E-state index contributed by atoms with van der Waals surface area (Å²) < 4.78 is 27.2. The van der Waals surface area contributed by atoms with Gasteiger partial charge in [0.15, 0.2) is 0 Å². The molecule has 2 fully saturated rings. The fraction of sp³-hybridized carbons (Fsp3) is 0.440. The average molecular weight is 482 g/mol. The van der Waals surface area contributed by atoms with E-state index >= 15 is 0 Å². The number of rotatable bonds is 5. The van der Waals surface area contributed by atoms with E-state index in [0.717, 1.165) is 52.0 Å². The Bertz CT molecular complexity index is 1120. The van der Waals surface area contributed by atoms with E-state index in [1.54, 1.807) is 23.1 Å². The SMILES string of the molecule is N#Cc1cccc(CN2CCC(N3CCCN(C(=O)NS(=O)(=O)c4ccccc4)CC3)CC2)c1. The molecule has 2 aromatic carbocycles. The predicted molar refractivity (Wildman–Crippen MR) is 129 cm³/mol. The fourth-order valence-corrected chi connectivity index (χ4v) is 5.78. The Morgan fingerprint density at radius 2 is 1.74 bits per heavy atom. The van der Waals surface area contributed by atoms with Gasteiger partial charge in [-0.15, -0.1) is 0 Å². The number of likely N-dealkylation sites (tertiary alicyclic amines) is 1. The number of hydrogen-bond acceptors (Lipinski definition) is 6. The minimum absolute atomic E-state index is 0.0888.